The van der Waals surface area contributed by atoms with Crippen molar-refractivity contribution in [1.82, 2.24) is 19.6 Å². The summed E-state index contributed by atoms with van der Waals surface area (Å²) in [5.74, 6) is -1.27. The van der Waals surface area contributed by atoms with Gasteiger partial charge in [0.1, 0.15) is 24.6 Å². The first-order valence-electron chi connectivity index (χ1n) is 16.7. The maximum Gasteiger partial charge on any atom is 0.410 e. The minimum absolute atomic E-state index is 0.00328. The normalized spacial score (nSPS) is 15.5. The Morgan fingerprint density at radius 3 is 2.40 bits per heavy atom. The number of aromatic nitrogens is 2. The molecular formula is C37H41FN6O6. The third kappa shape index (κ3) is 8.04. The Balaban J connectivity index is 1.41. The van der Waals surface area contributed by atoms with E-state index in [4.69, 9.17) is 14.5 Å². The first-order valence-corrected chi connectivity index (χ1v) is 16.7. The molecule has 3 heterocycles. The number of ether oxygens (including phenoxy) is 2. The van der Waals surface area contributed by atoms with Gasteiger partial charge in [-0.25, -0.2) is 14.2 Å². The zero-order chi connectivity index (χ0) is 35.6. The first kappa shape index (κ1) is 34.4. The van der Waals surface area contributed by atoms with Gasteiger partial charge in [0, 0.05) is 31.9 Å². The van der Waals surface area contributed by atoms with Crippen LogP contribution in [0.1, 0.15) is 62.2 Å². The molecule has 2 aromatic heterocycles. The third-order valence-corrected chi connectivity index (χ3v) is 8.56. The van der Waals surface area contributed by atoms with E-state index >= 15 is 0 Å². The van der Waals surface area contributed by atoms with Gasteiger partial charge in [0.15, 0.2) is 11.3 Å². The number of piperazine rings is 1. The van der Waals surface area contributed by atoms with Crippen LogP contribution >= 0.6 is 0 Å². The van der Waals surface area contributed by atoms with Crippen molar-refractivity contribution in [2.24, 2.45) is 5.92 Å². The Bertz CT molecular complexity index is 1960. The fraction of sp³-hybridized carbons (Fsp3) is 0.378. The molecule has 2 fully saturated rings. The molecular weight excluding hydrogens is 643 g/mol. The SMILES string of the molecule is CC(Nc1cc(N2CCN(C(=O)OC(C)(C)C)CC2=O)c2nc(C(=O)NCc3ccc(F)cc3)c(OCc3ccccc3)c(=O)n2c1)C1CC1. The molecule has 1 atom stereocenters. The molecule has 1 aliphatic carbocycles. The van der Waals surface area contributed by atoms with Gasteiger partial charge in [-0.3, -0.25) is 23.7 Å². The van der Waals surface area contributed by atoms with Crippen LogP contribution in [0.25, 0.3) is 5.65 Å². The number of halogens is 1. The maximum absolute atomic E-state index is 14.3. The molecule has 0 bridgehead atoms. The highest BCUT2D eigenvalue weighted by Crippen LogP contribution is 2.35. The summed E-state index contributed by atoms with van der Waals surface area (Å²) in [7, 11) is 0. The topological polar surface area (TPSA) is 135 Å². The van der Waals surface area contributed by atoms with Crippen LogP contribution in [0.2, 0.25) is 0 Å². The molecule has 4 aromatic rings. The molecule has 2 aromatic carbocycles. The van der Waals surface area contributed by atoms with Crippen molar-refractivity contribution in [2.75, 3.05) is 29.9 Å². The molecule has 2 N–H and O–H groups in total. The quantitative estimate of drug-likeness (QED) is 0.235. The number of carbonyl (C=O) groups excluding carboxylic acids is 3. The molecule has 1 unspecified atom stereocenters. The maximum atomic E-state index is 14.3. The number of anilines is 2. The average Bonchev–Trinajstić information content (AvgIpc) is 3.93. The van der Waals surface area contributed by atoms with E-state index in [2.05, 4.69) is 17.6 Å². The Morgan fingerprint density at radius 1 is 1.02 bits per heavy atom. The van der Waals surface area contributed by atoms with Crippen molar-refractivity contribution >= 4 is 34.9 Å². The van der Waals surface area contributed by atoms with Crippen LogP contribution in [0, 0.1) is 11.7 Å². The largest absolute Gasteiger partial charge is 0.481 e. The molecule has 13 heteroatoms. The van der Waals surface area contributed by atoms with E-state index in [1.54, 1.807) is 45.2 Å². The lowest BCUT2D eigenvalue weighted by atomic mass is 10.2. The van der Waals surface area contributed by atoms with E-state index in [-0.39, 0.29) is 55.9 Å². The highest BCUT2D eigenvalue weighted by atomic mass is 19.1. The van der Waals surface area contributed by atoms with Crippen LogP contribution in [0.3, 0.4) is 0 Å². The molecule has 1 saturated carbocycles. The first-order chi connectivity index (χ1) is 23.9. The van der Waals surface area contributed by atoms with Crippen LogP contribution in [0.5, 0.6) is 5.75 Å². The molecule has 1 aliphatic heterocycles. The van der Waals surface area contributed by atoms with Crippen LogP contribution in [-0.4, -0.2) is 63.5 Å². The van der Waals surface area contributed by atoms with Crippen LogP contribution in [-0.2, 0) is 22.7 Å². The minimum atomic E-state index is -0.731. The molecule has 6 rings (SSSR count). The van der Waals surface area contributed by atoms with E-state index in [9.17, 15) is 23.6 Å². The van der Waals surface area contributed by atoms with Gasteiger partial charge < -0.3 is 25.0 Å². The van der Waals surface area contributed by atoms with Crippen molar-refractivity contribution in [3.05, 3.63) is 99.9 Å². The van der Waals surface area contributed by atoms with Crippen LogP contribution in [0.4, 0.5) is 20.6 Å². The van der Waals surface area contributed by atoms with Crippen molar-refractivity contribution in [3.63, 3.8) is 0 Å². The number of nitrogens with zero attached hydrogens (tertiary/aromatic N) is 4. The van der Waals surface area contributed by atoms with E-state index < -0.39 is 34.9 Å². The van der Waals surface area contributed by atoms with Crippen molar-refractivity contribution in [1.29, 1.82) is 0 Å². The highest BCUT2D eigenvalue weighted by Gasteiger charge is 2.34. The summed E-state index contributed by atoms with van der Waals surface area (Å²) in [5, 5.41) is 6.23. The second-order valence-electron chi connectivity index (χ2n) is 13.7. The van der Waals surface area contributed by atoms with Gasteiger partial charge in [0.2, 0.25) is 11.7 Å². The summed E-state index contributed by atoms with van der Waals surface area (Å²) in [5.41, 5.74) is 0.730. The number of pyridine rings is 1. The van der Waals surface area contributed by atoms with Crippen molar-refractivity contribution < 1.29 is 28.2 Å². The van der Waals surface area contributed by atoms with Gasteiger partial charge in [0.25, 0.3) is 5.91 Å². The number of hydrogen-bond acceptors (Lipinski definition) is 8. The lowest BCUT2D eigenvalue weighted by Gasteiger charge is -2.35. The minimum Gasteiger partial charge on any atom is -0.481 e. The summed E-state index contributed by atoms with van der Waals surface area (Å²) >= 11 is 0. The predicted molar refractivity (Wildman–Crippen MR) is 186 cm³/mol. The fourth-order valence-electron chi connectivity index (χ4n) is 5.75. The van der Waals surface area contributed by atoms with Gasteiger partial charge >= 0.3 is 11.7 Å². The molecule has 50 heavy (non-hydrogen) atoms. The van der Waals surface area contributed by atoms with Crippen molar-refractivity contribution in [3.8, 4) is 5.75 Å². The summed E-state index contributed by atoms with van der Waals surface area (Å²) in [6.07, 6.45) is 3.19. The molecule has 262 valence electrons. The smallest absolute Gasteiger partial charge is 0.410 e. The standard InChI is InChI=1S/C37H41FN6O6/c1-23(26-12-13-26)40-28-18-29(43-17-16-42(21-30(43)45)36(48)50-37(2,3)4)33-41-31(34(46)39-19-24-10-14-27(38)15-11-24)32(35(47)44(33)20-28)49-22-25-8-6-5-7-9-25/h5-11,14-15,18,20,23,26,40H,12-13,16-17,19,21-22H2,1-4H3,(H,39,46). The number of rotatable bonds is 10. The Kier molecular flexibility index (Phi) is 9.76. The Hall–Kier alpha value is -5.46. The second-order valence-corrected chi connectivity index (χ2v) is 13.7. The number of benzene rings is 2. The van der Waals surface area contributed by atoms with E-state index in [0.717, 1.165) is 18.4 Å². The molecule has 12 nitrogen and oxygen atoms in total. The number of carbonyl (C=O) groups is 3. The highest BCUT2D eigenvalue weighted by molar-refractivity contribution is 6.01. The lowest BCUT2D eigenvalue weighted by Crippen LogP contribution is -2.53. The van der Waals surface area contributed by atoms with Gasteiger partial charge in [-0.2, -0.15) is 0 Å². The monoisotopic (exact) mass is 684 g/mol. The van der Waals surface area contributed by atoms with E-state index in [1.165, 1.54) is 26.3 Å². The average molecular weight is 685 g/mol. The lowest BCUT2D eigenvalue weighted by molar-refractivity contribution is -0.121. The number of amides is 3. The second kappa shape index (κ2) is 14.2. The zero-order valence-electron chi connectivity index (χ0n) is 28.6. The van der Waals surface area contributed by atoms with Gasteiger partial charge in [-0.1, -0.05) is 42.5 Å². The Morgan fingerprint density at radius 2 is 1.74 bits per heavy atom. The van der Waals surface area contributed by atoms with E-state index in [0.29, 0.717) is 22.9 Å². The van der Waals surface area contributed by atoms with Crippen LogP contribution in [0.15, 0.2) is 71.7 Å². The van der Waals surface area contributed by atoms with Gasteiger partial charge in [-0.15, -0.1) is 0 Å². The molecule has 0 spiro atoms. The summed E-state index contributed by atoms with van der Waals surface area (Å²) in [4.78, 5) is 62.1. The van der Waals surface area contributed by atoms with Crippen LogP contribution < -0.4 is 25.8 Å². The van der Waals surface area contributed by atoms with E-state index in [1.807, 2.05) is 30.3 Å². The predicted octanol–water partition coefficient (Wildman–Crippen LogP) is 5.14. The molecule has 0 radical (unpaired) electrons. The summed E-state index contributed by atoms with van der Waals surface area (Å²) < 4.78 is 26.3. The summed E-state index contributed by atoms with van der Waals surface area (Å²) in [6, 6.07) is 16.7. The summed E-state index contributed by atoms with van der Waals surface area (Å²) in [6.45, 7) is 7.40. The fourth-order valence-corrected chi connectivity index (χ4v) is 5.75. The van der Waals surface area contributed by atoms with Gasteiger partial charge in [-0.05, 0) is 75.8 Å². The van der Waals surface area contributed by atoms with Gasteiger partial charge in [0.05, 0.1) is 11.4 Å². The van der Waals surface area contributed by atoms with Crippen molar-refractivity contribution in [2.45, 2.75) is 65.3 Å². The molecule has 2 aliphatic rings. The molecule has 3 amide bonds. The zero-order valence-corrected chi connectivity index (χ0v) is 28.6. The number of nitrogens with one attached hydrogen (secondary N) is 2. The number of fused-ring (bicyclic) bond motifs is 1. The molecule has 1 saturated heterocycles. The Labute approximate surface area is 289 Å². The number of hydrogen-bond donors (Lipinski definition) is 2. The third-order valence-electron chi connectivity index (χ3n) is 8.56.